The quantitative estimate of drug-likeness (QED) is 0.182. The SMILES string of the molecule is CC1(C)c2ccccc2-c2ccc(-c3ccc(Nc4ccc(-c5ccc6c(c5)C(C)(C)c5ccccc5-6)c(-c5ccccc5)c4)cc3-c3ccccc3)cc21. The number of nitrogens with one attached hydrogen (secondary N) is 1. The fourth-order valence-electron chi connectivity index (χ4n) is 9.37. The molecule has 8 aromatic rings. The fraction of sp³-hybridized carbons (Fsp3) is 0.111. The number of benzene rings is 8. The minimum Gasteiger partial charge on any atom is -0.355 e. The summed E-state index contributed by atoms with van der Waals surface area (Å²) < 4.78 is 0. The lowest BCUT2D eigenvalue weighted by Crippen LogP contribution is -2.14. The average molecular weight is 706 g/mol. The van der Waals surface area contributed by atoms with Gasteiger partial charge in [-0.2, -0.15) is 0 Å². The van der Waals surface area contributed by atoms with Crippen molar-refractivity contribution in [2.24, 2.45) is 0 Å². The second-order valence-electron chi connectivity index (χ2n) is 16.2. The van der Waals surface area contributed by atoms with E-state index < -0.39 is 0 Å². The molecule has 264 valence electrons. The molecule has 0 atom stereocenters. The Balaban J connectivity index is 1.04. The zero-order chi connectivity index (χ0) is 37.3. The lowest BCUT2D eigenvalue weighted by molar-refractivity contribution is 0.660. The van der Waals surface area contributed by atoms with Gasteiger partial charge in [-0.3, -0.25) is 0 Å². The zero-order valence-electron chi connectivity index (χ0n) is 31.8. The highest BCUT2D eigenvalue weighted by Gasteiger charge is 2.36. The van der Waals surface area contributed by atoms with Crippen LogP contribution in [0.4, 0.5) is 11.4 Å². The molecule has 0 saturated heterocycles. The molecule has 0 spiro atoms. The van der Waals surface area contributed by atoms with Crippen molar-refractivity contribution >= 4 is 11.4 Å². The first-order chi connectivity index (χ1) is 26.8. The number of anilines is 2. The van der Waals surface area contributed by atoms with Gasteiger partial charge in [0, 0.05) is 22.2 Å². The molecule has 1 heteroatoms. The van der Waals surface area contributed by atoms with Crippen molar-refractivity contribution in [3.05, 3.63) is 204 Å². The predicted octanol–water partition coefficient (Wildman–Crippen LogP) is 14.7. The molecular formula is C54H43N. The third kappa shape index (κ3) is 5.37. The Morgan fingerprint density at radius 2 is 0.636 bits per heavy atom. The monoisotopic (exact) mass is 705 g/mol. The summed E-state index contributed by atoms with van der Waals surface area (Å²) >= 11 is 0. The molecule has 0 amide bonds. The van der Waals surface area contributed by atoms with E-state index in [0.717, 1.165) is 11.4 Å². The molecule has 2 aliphatic carbocycles. The highest BCUT2D eigenvalue weighted by Crippen LogP contribution is 2.52. The molecule has 0 bridgehead atoms. The molecule has 0 aliphatic heterocycles. The topological polar surface area (TPSA) is 12.0 Å². The summed E-state index contributed by atoms with van der Waals surface area (Å²) in [7, 11) is 0. The van der Waals surface area contributed by atoms with Crippen LogP contribution in [0.2, 0.25) is 0 Å². The molecule has 0 saturated carbocycles. The third-order valence-electron chi connectivity index (χ3n) is 12.3. The van der Waals surface area contributed by atoms with Crippen LogP contribution >= 0.6 is 0 Å². The largest absolute Gasteiger partial charge is 0.355 e. The Morgan fingerprint density at radius 1 is 0.273 bits per heavy atom. The summed E-state index contributed by atoms with van der Waals surface area (Å²) in [5.41, 5.74) is 22.7. The molecule has 0 fully saturated rings. The molecule has 8 aromatic carbocycles. The van der Waals surface area contributed by atoms with Crippen LogP contribution in [0.15, 0.2) is 182 Å². The van der Waals surface area contributed by atoms with Gasteiger partial charge in [-0.05, 0) is 125 Å². The van der Waals surface area contributed by atoms with E-state index in [1.165, 1.54) is 89.0 Å². The van der Waals surface area contributed by atoms with Gasteiger partial charge in [-0.25, -0.2) is 0 Å². The number of fused-ring (bicyclic) bond motifs is 6. The molecule has 1 nitrogen and oxygen atoms in total. The third-order valence-corrected chi connectivity index (χ3v) is 12.3. The van der Waals surface area contributed by atoms with Crippen molar-refractivity contribution in [3.8, 4) is 66.8 Å². The Morgan fingerprint density at radius 3 is 1.07 bits per heavy atom. The summed E-state index contributed by atoms with van der Waals surface area (Å²) in [6.07, 6.45) is 0. The summed E-state index contributed by atoms with van der Waals surface area (Å²) in [6.45, 7) is 9.41. The highest BCUT2D eigenvalue weighted by molar-refractivity contribution is 5.92. The smallest absolute Gasteiger partial charge is 0.0390 e. The van der Waals surface area contributed by atoms with Gasteiger partial charge >= 0.3 is 0 Å². The van der Waals surface area contributed by atoms with Gasteiger partial charge in [0.25, 0.3) is 0 Å². The summed E-state index contributed by atoms with van der Waals surface area (Å²) in [5, 5.41) is 3.81. The van der Waals surface area contributed by atoms with E-state index in [9.17, 15) is 0 Å². The van der Waals surface area contributed by atoms with E-state index in [0.29, 0.717) is 0 Å². The summed E-state index contributed by atoms with van der Waals surface area (Å²) in [4.78, 5) is 0. The maximum atomic E-state index is 3.81. The van der Waals surface area contributed by atoms with E-state index in [4.69, 9.17) is 0 Å². The number of rotatable bonds is 6. The van der Waals surface area contributed by atoms with E-state index in [-0.39, 0.29) is 10.8 Å². The Hall–Kier alpha value is -6.44. The number of hydrogen-bond donors (Lipinski definition) is 1. The van der Waals surface area contributed by atoms with Crippen LogP contribution in [0, 0.1) is 0 Å². The van der Waals surface area contributed by atoms with Gasteiger partial charge in [0.15, 0.2) is 0 Å². The van der Waals surface area contributed by atoms with Crippen molar-refractivity contribution in [1.82, 2.24) is 0 Å². The van der Waals surface area contributed by atoms with Gasteiger partial charge < -0.3 is 5.32 Å². The van der Waals surface area contributed by atoms with Gasteiger partial charge in [0.1, 0.15) is 0 Å². The standard InChI is InChI=1S/C54H43N/c1-53(2)49-21-13-11-19-43(49)45-27-23-37(31-51(45)53)41-29-25-39(33-47(41)35-15-7-5-8-16-35)55-40-26-30-42(48(34-40)36-17-9-6-10-18-36)38-24-28-46-44-20-12-14-22-50(44)54(3,4)52(46)32-38/h5-34,55H,1-4H3. The van der Waals surface area contributed by atoms with Gasteiger partial charge in [0.05, 0.1) is 0 Å². The van der Waals surface area contributed by atoms with Crippen molar-refractivity contribution < 1.29 is 0 Å². The highest BCUT2D eigenvalue weighted by atomic mass is 14.9. The van der Waals surface area contributed by atoms with Gasteiger partial charge in [0.2, 0.25) is 0 Å². The molecule has 10 rings (SSSR count). The lowest BCUT2D eigenvalue weighted by Gasteiger charge is -2.23. The fourth-order valence-corrected chi connectivity index (χ4v) is 9.37. The second kappa shape index (κ2) is 12.6. The van der Waals surface area contributed by atoms with Crippen LogP contribution in [0.3, 0.4) is 0 Å². The van der Waals surface area contributed by atoms with Crippen LogP contribution in [0.5, 0.6) is 0 Å². The van der Waals surface area contributed by atoms with Crippen molar-refractivity contribution in [2.75, 3.05) is 5.32 Å². The molecule has 0 radical (unpaired) electrons. The van der Waals surface area contributed by atoms with Crippen LogP contribution in [0.1, 0.15) is 49.9 Å². The predicted molar refractivity (Wildman–Crippen MR) is 233 cm³/mol. The van der Waals surface area contributed by atoms with Crippen molar-refractivity contribution in [1.29, 1.82) is 0 Å². The minimum atomic E-state index is -0.0556. The first-order valence-corrected chi connectivity index (χ1v) is 19.4. The molecule has 1 N–H and O–H groups in total. The molecule has 0 aromatic heterocycles. The van der Waals surface area contributed by atoms with Crippen LogP contribution < -0.4 is 5.32 Å². The zero-order valence-corrected chi connectivity index (χ0v) is 31.8. The Kier molecular flexibility index (Phi) is 7.58. The molecule has 55 heavy (non-hydrogen) atoms. The molecule has 0 unspecified atom stereocenters. The normalized spacial score (nSPS) is 14.1. The molecule has 0 heterocycles. The summed E-state index contributed by atoms with van der Waals surface area (Å²) in [5.74, 6) is 0. The first-order valence-electron chi connectivity index (χ1n) is 19.4. The van der Waals surface area contributed by atoms with E-state index in [2.05, 4.69) is 215 Å². The minimum absolute atomic E-state index is 0.0556. The van der Waals surface area contributed by atoms with Crippen molar-refractivity contribution in [2.45, 2.75) is 38.5 Å². The van der Waals surface area contributed by atoms with Crippen molar-refractivity contribution in [3.63, 3.8) is 0 Å². The molecule has 2 aliphatic rings. The van der Waals surface area contributed by atoms with Gasteiger partial charge in [-0.1, -0.05) is 173 Å². The van der Waals surface area contributed by atoms with Crippen LogP contribution in [0.25, 0.3) is 66.8 Å². The maximum Gasteiger partial charge on any atom is 0.0390 e. The second-order valence-corrected chi connectivity index (χ2v) is 16.2. The Labute approximate surface area is 325 Å². The van der Waals surface area contributed by atoms with Gasteiger partial charge in [-0.15, -0.1) is 0 Å². The Bertz CT molecular complexity index is 2580. The lowest BCUT2D eigenvalue weighted by atomic mass is 9.81. The molecular weight excluding hydrogens is 663 g/mol. The maximum absolute atomic E-state index is 3.81. The summed E-state index contributed by atoms with van der Waals surface area (Å²) in [6, 6.07) is 67.1. The first kappa shape index (κ1) is 33.2. The number of hydrogen-bond acceptors (Lipinski definition) is 1. The van der Waals surface area contributed by atoms with E-state index in [1.54, 1.807) is 0 Å². The van der Waals surface area contributed by atoms with E-state index in [1.807, 2.05) is 0 Å². The van der Waals surface area contributed by atoms with Crippen LogP contribution in [-0.2, 0) is 10.8 Å². The van der Waals surface area contributed by atoms with Crippen LogP contribution in [-0.4, -0.2) is 0 Å². The van der Waals surface area contributed by atoms with E-state index >= 15 is 0 Å². The average Bonchev–Trinajstić information content (AvgIpc) is 3.60.